The monoisotopic (exact) mass is 297 g/mol. The summed E-state index contributed by atoms with van der Waals surface area (Å²) in [6.45, 7) is 0.856. The third-order valence-electron chi connectivity index (χ3n) is 2.43. The van der Waals surface area contributed by atoms with Gasteiger partial charge in [0, 0.05) is 18.9 Å². The van der Waals surface area contributed by atoms with Gasteiger partial charge in [-0.1, -0.05) is 11.6 Å². The number of carboxylic acid groups (broad SMARTS) is 1. The van der Waals surface area contributed by atoms with Gasteiger partial charge < -0.3 is 10.4 Å². The summed E-state index contributed by atoms with van der Waals surface area (Å²) >= 11 is 5.71. The van der Waals surface area contributed by atoms with E-state index in [0.717, 1.165) is 0 Å². The van der Waals surface area contributed by atoms with Crippen molar-refractivity contribution in [2.24, 2.45) is 0 Å². The zero-order valence-corrected chi connectivity index (χ0v) is 11.1. The van der Waals surface area contributed by atoms with Crippen LogP contribution in [0.15, 0.2) is 24.7 Å². The number of carbonyl (C=O) groups excluding carboxylic acids is 1. The predicted octanol–water partition coefficient (Wildman–Crippen LogP) is 0.248. The lowest BCUT2D eigenvalue weighted by atomic mass is 10.4. The van der Waals surface area contributed by atoms with Crippen LogP contribution in [0, 0.1) is 0 Å². The van der Waals surface area contributed by atoms with E-state index in [1.54, 1.807) is 10.9 Å². The molecule has 2 N–H and O–H groups in total. The molecule has 0 saturated carbocycles. The fraction of sp³-hybridized carbons (Fsp3) is 0.273. The topological polar surface area (TPSA) is 102 Å². The van der Waals surface area contributed by atoms with Crippen molar-refractivity contribution in [3.05, 3.63) is 35.4 Å². The molecular formula is C11H12ClN5O3. The van der Waals surface area contributed by atoms with Crippen molar-refractivity contribution >= 4 is 23.5 Å². The van der Waals surface area contributed by atoms with Gasteiger partial charge >= 0.3 is 5.97 Å². The van der Waals surface area contributed by atoms with Crippen LogP contribution in [0.4, 0.5) is 0 Å². The van der Waals surface area contributed by atoms with Crippen LogP contribution < -0.4 is 5.32 Å². The van der Waals surface area contributed by atoms with Crippen LogP contribution in [0.3, 0.4) is 0 Å². The summed E-state index contributed by atoms with van der Waals surface area (Å²) in [5.74, 6) is -1.39. The van der Waals surface area contributed by atoms with Gasteiger partial charge in [-0.15, -0.1) is 0 Å². The van der Waals surface area contributed by atoms with E-state index in [1.165, 1.54) is 23.1 Å². The second-order valence-corrected chi connectivity index (χ2v) is 4.41. The summed E-state index contributed by atoms with van der Waals surface area (Å²) < 4.78 is 2.88. The van der Waals surface area contributed by atoms with Gasteiger partial charge in [0.15, 0.2) is 5.69 Å². The Morgan fingerprint density at radius 3 is 2.80 bits per heavy atom. The van der Waals surface area contributed by atoms with E-state index in [1.807, 2.05) is 0 Å². The summed E-state index contributed by atoms with van der Waals surface area (Å²) in [5, 5.41) is 19.6. The Morgan fingerprint density at radius 2 is 2.20 bits per heavy atom. The average Bonchev–Trinajstić information content (AvgIpc) is 2.99. The summed E-state index contributed by atoms with van der Waals surface area (Å²) in [6, 6.07) is 1.33. The number of carbonyl (C=O) groups is 2. The first-order chi connectivity index (χ1) is 9.54. The minimum absolute atomic E-state index is 0.0346. The molecule has 106 valence electrons. The van der Waals surface area contributed by atoms with Crippen molar-refractivity contribution in [3.8, 4) is 0 Å². The predicted molar refractivity (Wildman–Crippen MR) is 69.4 cm³/mol. The number of carboxylic acids is 1. The molecule has 0 bridgehead atoms. The third kappa shape index (κ3) is 3.82. The van der Waals surface area contributed by atoms with Crippen molar-refractivity contribution in [1.29, 1.82) is 0 Å². The van der Waals surface area contributed by atoms with Crippen molar-refractivity contribution in [1.82, 2.24) is 24.9 Å². The molecule has 0 radical (unpaired) electrons. The first-order valence-corrected chi connectivity index (χ1v) is 6.14. The molecule has 2 heterocycles. The minimum Gasteiger partial charge on any atom is -0.476 e. The molecule has 0 atom stereocenters. The molecule has 0 aliphatic carbocycles. The van der Waals surface area contributed by atoms with E-state index in [9.17, 15) is 9.59 Å². The second kappa shape index (κ2) is 6.20. The van der Waals surface area contributed by atoms with Gasteiger partial charge in [-0.3, -0.25) is 14.2 Å². The molecule has 8 nitrogen and oxygen atoms in total. The minimum atomic E-state index is -1.13. The maximum Gasteiger partial charge on any atom is 0.356 e. The van der Waals surface area contributed by atoms with E-state index >= 15 is 0 Å². The van der Waals surface area contributed by atoms with E-state index in [4.69, 9.17) is 16.7 Å². The number of aromatic nitrogens is 4. The fourth-order valence-electron chi connectivity index (χ4n) is 1.54. The highest BCUT2D eigenvalue weighted by Crippen LogP contribution is 2.03. The Morgan fingerprint density at radius 1 is 1.40 bits per heavy atom. The van der Waals surface area contributed by atoms with Crippen LogP contribution in [0.5, 0.6) is 0 Å². The number of halogens is 1. The first kappa shape index (κ1) is 14.1. The molecule has 0 unspecified atom stereocenters. The molecule has 2 aromatic heterocycles. The zero-order chi connectivity index (χ0) is 14.5. The maximum absolute atomic E-state index is 11.6. The smallest absolute Gasteiger partial charge is 0.356 e. The molecule has 2 rings (SSSR count). The number of rotatable bonds is 6. The highest BCUT2D eigenvalue weighted by molar-refractivity contribution is 6.30. The van der Waals surface area contributed by atoms with Gasteiger partial charge in [-0.05, 0) is 6.07 Å². The van der Waals surface area contributed by atoms with Crippen molar-refractivity contribution in [2.45, 2.75) is 13.1 Å². The molecule has 1 amide bonds. The van der Waals surface area contributed by atoms with Crippen LogP contribution in [-0.4, -0.2) is 43.1 Å². The molecule has 0 aliphatic rings. The highest BCUT2D eigenvalue weighted by Gasteiger charge is 2.09. The molecule has 0 aliphatic heterocycles. The Bertz CT molecular complexity index is 621. The molecular weight excluding hydrogens is 286 g/mol. The van der Waals surface area contributed by atoms with Crippen molar-refractivity contribution in [2.75, 3.05) is 6.54 Å². The van der Waals surface area contributed by atoms with E-state index < -0.39 is 5.97 Å². The van der Waals surface area contributed by atoms with Crippen LogP contribution in [-0.2, 0) is 17.9 Å². The lowest BCUT2D eigenvalue weighted by Gasteiger charge is -2.05. The van der Waals surface area contributed by atoms with Gasteiger partial charge in [-0.25, -0.2) is 4.79 Å². The lowest BCUT2D eigenvalue weighted by molar-refractivity contribution is -0.121. The van der Waals surface area contributed by atoms with E-state index in [2.05, 4.69) is 15.5 Å². The summed E-state index contributed by atoms with van der Waals surface area (Å²) in [4.78, 5) is 22.2. The molecule has 9 heteroatoms. The molecule has 0 aromatic carbocycles. The van der Waals surface area contributed by atoms with Crippen LogP contribution in [0.25, 0.3) is 0 Å². The number of nitrogens with zero attached hydrogens (tertiary/aromatic N) is 4. The quantitative estimate of drug-likeness (QED) is 0.795. The standard InChI is InChI=1S/C11H12ClN5O3/c12-8-5-14-16(6-8)4-2-13-10(18)7-17-3-1-9(15-17)11(19)20/h1,3,5-6H,2,4,7H2,(H,13,18)(H,19,20). The highest BCUT2D eigenvalue weighted by atomic mass is 35.5. The maximum atomic E-state index is 11.6. The number of aromatic carboxylic acids is 1. The Kier molecular flexibility index (Phi) is 4.36. The summed E-state index contributed by atoms with van der Waals surface area (Å²) in [6.07, 6.45) is 4.61. The Labute approximate surface area is 118 Å². The Balaban J connectivity index is 1.76. The number of hydrogen-bond acceptors (Lipinski definition) is 4. The fourth-order valence-corrected chi connectivity index (χ4v) is 1.69. The lowest BCUT2D eigenvalue weighted by Crippen LogP contribution is -2.30. The van der Waals surface area contributed by atoms with Gasteiger partial charge in [0.25, 0.3) is 0 Å². The Hall–Kier alpha value is -2.35. The van der Waals surface area contributed by atoms with Crippen LogP contribution in [0.2, 0.25) is 5.02 Å². The van der Waals surface area contributed by atoms with E-state index in [0.29, 0.717) is 18.1 Å². The average molecular weight is 298 g/mol. The summed E-state index contributed by atoms with van der Waals surface area (Å²) in [7, 11) is 0. The second-order valence-electron chi connectivity index (χ2n) is 3.98. The third-order valence-corrected chi connectivity index (χ3v) is 2.63. The first-order valence-electron chi connectivity index (χ1n) is 5.76. The van der Waals surface area contributed by atoms with E-state index in [-0.39, 0.29) is 18.1 Å². The molecule has 20 heavy (non-hydrogen) atoms. The van der Waals surface area contributed by atoms with Gasteiger partial charge in [0.05, 0.1) is 17.8 Å². The zero-order valence-electron chi connectivity index (χ0n) is 10.4. The normalized spacial score (nSPS) is 10.4. The SMILES string of the molecule is O=C(Cn1ccc(C(=O)O)n1)NCCn1cc(Cl)cn1. The van der Waals surface area contributed by atoms with Gasteiger partial charge in [0.1, 0.15) is 6.54 Å². The largest absolute Gasteiger partial charge is 0.476 e. The number of nitrogens with one attached hydrogen (secondary N) is 1. The molecule has 0 fully saturated rings. The van der Waals surface area contributed by atoms with Crippen LogP contribution in [0.1, 0.15) is 10.5 Å². The van der Waals surface area contributed by atoms with Crippen molar-refractivity contribution in [3.63, 3.8) is 0 Å². The van der Waals surface area contributed by atoms with Crippen molar-refractivity contribution < 1.29 is 14.7 Å². The van der Waals surface area contributed by atoms with Gasteiger partial charge in [0.2, 0.25) is 5.91 Å². The van der Waals surface area contributed by atoms with Gasteiger partial charge in [-0.2, -0.15) is 10.2 Å². The van der Waals surface area contributed by atoms with Crippen LogP contribution >= 0.6 is 11.6 Å². The molecule has 2 aromatic rings. The summed E-state index contributed by atoms with van der Waals surface area (Å²) in [5.41, 5.74) is -0.0935. The molecule has 0 saturated heterocycles. The number of amides is 1. The molecule has 0 spiro atoms. The number of hydrogen-bond donors (Lipinski definition) is 2.